The summed E-state index contributed by atoms with van der Waals surface area (Å²) in [5, 5.41) is 8.96. The average Bonchev–Trinajstić information content (AvgIpc) is 2.55. The first kappa shape index (κ1) is 18.0. The SMILES string of the molecule is CCNC(=O)NC(=O)[C@@H](C)Sc1nc(NCC)c2ccccc2n1. The van der Waals surface area contributed by atoms with Gasteiger partial charge < -0.3 is 10.6 Å². The van der Waals surface area contributed by atoms with E-state index in [-0.39, 0.29) is 5.91 Å². The Kier molecular flexibility index (Phi) is 6.36. The third kappa shape index (κ3) is 4.58. The Balaban J connectivity index is 2.16. The molecule has 7 nitrogen and oxygen atoms in total. The van der Waals surface area contributed by atoms with Crippen molar-refractivity contribution in [2.75, 3.05) is 18.4 Å². The van der Waals surface area contributed by atoms with E-state index >= 15 is 0 Å². The van der Waals surface area contributed by atoms with Gasteiger partial charge in [0.15, 0.2) is 5.16 Å². The quantitative estimate of drug-likeness (QED) is 0.548. The van der Waals surface area contributed by atoms with Crippen molar-refractivity contribution < 1.29 is 9.59 Å². The molecule has 0 bridgehead atoms. The molecule has 0 radical (unpaired) electrons. The molecule has 2 aromatic rings. The predicted molar refractivity (Wildman–Crippen MR) is 96.2 cm³/mol. The number of urea groups is 1. The van der Waals surface area contributed by atoms with Gasteiger partial charge in [0, 0.05) is 18.5 Å². The lowest BCUT2D eigenvalue weighted by Crippen LogP contribution is -2.42. The van der Waals surface area contributed by atoms with Crippen LogP contribution in [0, 0.1) is 0 Å². The number of nitrogens with one attached hydrogen (secondary N) is 3. The fraction of sp³-hybridized carbons (Fsp3) is 0.375. The Hall–Kier alpha value is -2.35. The molecule has 0 fully saturated rings. The maximum absolute atomic E-state index is 12.0. The van der Waals surface area contributed by atoms with E-state index in [9.17, 15) is 9.59 Å². The number of aromatic nitrogens is 2. The highest BCUT2D eigenvalue weighted by atomic mass is 32.2. The fourth-order valence-electron chi connectivity index (χ4n) is 2.04. The molecule has 128 valence electrons. The van der Waals surface area contributed by atoms with Crippen molar-refractivity contribution in [3.05, 3.63) is 24.3 Å². The molecule has 3 N–H and O–H groups in total. The second-order valence-electron chi connectivity index (χ2n) is 5.01. The number of anilines is 1. The number of amides is 3. The minimum absolute atomic E-state index is 0.382. The van der Waals surface area contributed by atoms with Crippen LogP contribution >= 0.6 is 11.8 Å². The molecule has 0 saturated heterocycles. The Morgan fingerprint density at radius 3 is 2.62 bits per heavy atom. The number of para-hydroxylation sites is 1. The minimum Gasteiger partial charge on any atom is -0.370 e. The number of fused-ring (bicyclic) bond motifs is 1. The smallest absolute Gasteiger partial charge is 0.321 e. The number of benzene rings is 1. The van der Waals surface area contributed by atoms with Gasteiger partial charge in [-0.25, -0.2) is 14.8 Å². The van der Waals surface area contributed by atoms with Crippen molar-refractivity contribution in [1.82, 2.24) is 20.6 Å². The van der Waals surface area contributed by atoms with Gasteiger partial charge in [-0.2, -0.15) is 0 Å². The summed E-state index contributed by atoms with van der Waals surface area (Å²) in [6.07, 6.45) is 0. The topological polar surface area (TPSA) is 96.0 Å². The first-order valence-electron chi connectivity index (χ1n) is 7.81. The molecule has 1 aromatic carbocycles. The van der Waals surface area contributed by atoms with Crippen molar-refractivity contribution in [1.29, 1.82) is 0 Å². The van der Waals surface area contributed by atoms with Gasteiger partial charge in [0.05, 0.1) is 10.8 Å². The van der Waals surface area contributed by atoms with Gasteiger partial charge in [-0.1, -0.05) is 23.9 Å². The van der Waals surface area contributed by atoms with Crippen LogP contribution in [0.3, 0.4) is 0 Å². The lowest BCUT2D eigenvalue weighted by Gasteiger charge is -2.12. The monoisotopic (exact) mass is 347 g/mol. The van der Waals surface area contributed by atoms with Crippen LogP contribution in [0.5, 0.6) is 0 Å². The maximum Gasteiger partial charge on any atom is 0.321 e. The molecule has 1 atom stereocenters. The first-order valence-corrected chi connectivity index (χ1v) is 8.69. The Labute approximate surface area is 145 Å². The van der Waals surface area contributed by atoms with Crippen LogP contribution < -0.4 is 16.0 Å². The van der Waals surface area contributed by atoms with Crippen molar-refractivity contribution in [2.45, 2.75) is 31.2 Å². The lowest BCUT2D eigenvalue weighted by atomic mass is 10.2. The van der Waals surface area contributed by atoms with Crippen LogP contribution in [0.2, 0.25) is 0 Å². The summed E-state index contributed by atoms with van der Waals surface area (Å²) in [5.74, 6) is 0.356. The molecule has 0 aliphatic rings. The van der Waals surface area contributed by atoms with Gasteiger partial charge >= 0.3 is 6.03 Å². The number of hydrogen-bond acceptors (Lipinski definition) is 6. The summed E-state index contributed by atoms with van der Waals surface area (Å²) in [5.41, 5.74) is 0.808. The van der Waals surface area contributed by atoms with Gasteiger partial charge in [-0.3, -0.25) is 10.1 Å². The number of carbonyl (C=O) groups is 2. The van der Waals surface area contributed by atoms with Crippen LogP contribution in [0.4, 0.5) is 10.6 Å². The number of hydrogen-bond donors (Lipinski definition) is 3. The van der Waals surface area contributed by atoms with E-state index in [0.29, 0.717) is 11.7 Å². The summed E-state index contributed by atoms with van der Waals surface area (Å²) in [6, 6.07) is 7.20. The lowest BCUT2D eigenvalue weighted by molar-refractivity contribution is -0.119. The minimum atomic E-state index is -0.497. The Bertz CT molecular complexity index is 737. The molecule has 0 unspecified atom stereocenters. The summed E-state index contributed by atoms with van der Waals surface area (Å²) in [4.78, 5) is 32.4. The molecule has 1 heterocycles. The van der Waals surface area contributed by atoms with E-state index in [0.717, 1.165) is 23.3 Å². The number of imide groups is 1. The van der Waals surface area contributed by atoms with E-state index in [1.54, 1.807) is 13.8 Å². The van der Waals surface area contributed by atoms with Gasteiger partial charge in [-0.15, -0.1) is 0 Å². The Morgan fingerprint density at radius 2 is 1.92 bits per heavy atom. The second kappa shape index (κ2) is 8.49. The summed E-state index contributed by atoms with van der Waals surface area (Å²) in [6.45, 7) is 6.68. The highest BCUT2D eigenvalue weighted by molar-refractivity contribution is 8.00. The number of rotatable bonds is 6. The normalized spacial score (nSPS) is 11.8. The zero-order valence-corrected chi connectivity index (χ0v) is 14.7. The van der Waals surface area contributed by atoms with Gasteiger partial charge in [-0.05, 0) is 32.9 Å². The standard InChI is InChI=1S/C16H21N5O2S/c1-4-17-13-11-8-6-7-9-12(11)19-16(20-13)24-10(3)14(22)21-15(23)18-5-2/h6-10H,4-5H2,1-3H3,(H,17,19,20)(H2,18,21,22,23)/t10-/m1/s1. The van der Waals surface area contributed by atoms with E-state index < -0.39 is 11.3 Å². The molecule has 0 aliphatic heterocycles. The second-order valence-corrected chi connectivity index (χ2v) is 6.32. The molecule has 2 rings (SSSR count). The van der Waals surface area contributed by atoms with Gasteiger partial charge in [0.25, 0.3) is 0 Å². The third-order valence-electron chi connectivity index (χ3n) is 3.15. The van der Waals surface area contributed by atoms with Gasteiger partial charge in [0.2, 0.25) is 5.91 Å². The zero-order chi connectivity index (χ0) is 17.5. The van der Waals surface area contributed by atoms with Crippen LogP contribution in [-0.4, -0.2) is 40.2 Å². The van der Waals surface area contributed by atoms with Crippen molar-refractivity contribution in [3.8, 4) is 0 Å². The highest BCUT2D eigenvalue weighted by Gasteiger charge is 2.19. The number of nitrogens with zero attached hydrogens (tertiary/aromatic N) is 2. The molecule has 0 spiro atoms. The average molecular weight is 347 g/mol. The van der Waals surface area contributed by atoms with E-state index in [4.69, 9.17) is 0 Å². The van der Waals surface area contributed by atoms with Crippen LogP contribution in [0.1, 0.15) is 20.8 Å². The molecule has 8 heteroatoms. The number of carbonyl (C=O) groups excluding carboxylic acids is 2. The largest absolute Gasteiger partial charge is 0.370 e. The van der Waals surface area contributed by atoms with Crippen LogP contribution in [0.15, 0.2) is 29.4 Å². The molecule has 0 aliphatic carbocycles. The zero-order valence-electron chi connectivity index (χ0n) is 13.9. The van der Waals surface area contributed by atoms with Crippen LogP contribution in [0.25, 0.3) is 10.9 Å². The number of thioether (sulfide) groups is 1. The maximum atomic E-state index is 12.0. The Morgan fingerprint density at radius 1 is 1.17 bits per heavy atom. The van der Waals surface area contributed by atoms with E-state index in [1.165, 1.54) is 11.8 Å². The summed E-state index contributed by atoms with van der Waals surface area (Å²) < 4.78 is 0. The predicted octanol–water partition coefficient (Wildman–Crippen LogP) is 2.39. The molecular weight excluding hydrogens is 326 g/mol. The molecular formula is C16H21N5O2S. The molecule has 1 aromatic heterocycles. The molecule has 24 heavy (non-hydrogen) atoms. The molecule has 3 amide bonds. The van der Waals surface area contributed by atoms with Crippen LogP contribution in [-0.2, 0) is 4.79 Å². The summed E-state index contributed by atoms with van der Waals surface area (Å²) >= 11 is 1.21. The van der Waals surface area contributed by atoms with E-state index in [2.05, 4.69) is 25.9 Å². The molecule has 0 saturated carbocycles. The third-order valence-corrected chi connectivity index (χ3v) is 4.11. The van der Waals surface area contributed by atoms with E-state index in [1.807, 2.05) is 31.2 Å². The van der Waals surface area contributed by atoms with Crippen molar-refractivity contribution in [2.24, 2.45) is 0 Å². The summed E-state index contributed by atoms with van der Waals surface area (Å²) in [7, 11) is 0. The van der Waals surface area contributed by atoms with Crippen molar-refractivity contribution in [3.63, 3.8) is 0 Å². The highest BCUT2D eigenvalue weighted by Crippen LogP contribution is 2.26. The fourth-order valence-corrected chi connectivity index (χ4v) is 2.82. The first-order chi connectivity index (χ1) is 11.5. The van der Waals surface area contributed by atoms with Gasteiger partial charge in [0.1, 0.15) is 5.82 Å². The van der Waals surface area contributed by atoms with Crippen molar-refractivity contribution >= 4 is 40.4 Å².